The van der Waals surface area contributed by atoms with Crippen molar-refractivity contribution in [3.63, 3.8) is 0 Å². The lowest BCUT2D eigenvalue weighted by atomic mass is 10.1. The normalized spacial score (nSPS) is 10.8. The van der Waals surface area contributed by atoms with Crippen LogP contribution in [0, 0.1) is 0 Å². The molecule has 0 aliphatic carbocycles. The van der Waals surface area contributed by atoms with Gasteiger partial charge in [-0.1, -0.05) is 19.1 Å². The van der Waals surface area contributed by atoms with E-state index in [2.05, 4.69) is 36.3 Å². The third-order valence-corrected chi connectivity index (χ3v) is 2.84. The summed E-state index contributed by atoms with van der Waals surface area (Å²) in [5.41, 5.74) is 1.33. The number of rotatable bonds is 8. The van der Waals surface area contributed by atoms with Gasteiger partial charge in [-0.05, 0) is 37.7 Å². The van der Waals surface area contributed by atoms with Crippen LogP contribution in [0.5, 0.6) is 5.75 Å². The van der Waals surface area contributed by atoms with E-state index >= 15 is 0 Å². The Hall–Kier alpha value is -1.06. The third-order valence-electron chi connectivity index (χ3n) is 2.84. The topological polar surface area (TPSA) is 24.5 Å². The van der Waals surface area contributed by atoms with Crippen molar-refractivity contribution >= 4 is 0 Å². The Kier molecular flexibility index (Phi) is 6.67. The van der Waals surface area contributed by atoms with Crippen molar-refractivity contribution in [2.24, 2.45) is 0 Å². The molecule has 0 saturated heterocycles. The molecule has 1 aromatic rings. The maximum absolute atomic E-state index is 5.22. The van der Waals surface area contributed by atoms with Crippen LogP contribution in [0.15, 0.2) is 24.3 Å². The van der Waals surface area contributed by atoms with Crippen LogP contribution in [0.3, 0.4) is 0 Å². The molecule has 0 aromatic heterocycles. The van der Waals surface area contributed by atoms with Crippen molar-refractivity contribution in [1.82, 2.24) is 10.2 Å². The van der Waals surface area contributed by atoms with Crippen LogP contribution >= 0.6 is 0 Å². The quantitative estimate of drug-likeness (QED) is 0.696. The summed E-state index contributed by atoms with van der Waals surface area (Å²) in [7, 11) is 3.87. The van der Waals surface area contributed by atoms with Crippen molar-refractivity contribution in [2.45, 2.75) is 13.3 Å². The molecular weight excluding hydrogens is 212 g/mol. The highest BCUT2D eigenvalue weighted by Gasteiger charge is 2.00. The van der Waals surface area contributed by atoms with Gasteiger partial charge in [-0.15, -0.1) is 0 Å². The molecule has 17 heavy (non-hydrogen) atoms. The molecule has 1 rings (SSSR count). The van der Waals surface area contributed by atoms with E-state index in [1.807, 2.05) is 12.1 Å². The van der Waals surface area contributed by atoms with Gasteiger partial charge in [0.25, 0.3) is 0 Å². The summed E-state index contributed by atoms with van der Waals surface area (Å²) < 4.78 is 5.22. The van der Waals surface area contributed by atoms with Gasteiger partial charge in [-0.25, -0.2) is 0 Å². The van der Waals surface area contributed by atoms with Crippen molar-refractivity contribution in [2.75, 3.05) is 40.3 Å². The summed E-state index contributed by atoms with van der Waals surface area (Å²) in [5.74, 6) is 0.942. The summed E-state index contributed by atoms with van der Waals surface area (Å²) in [6.45, 7) is 6.42. The lowest BCUT2D eigenvalue weighted by Gasteiger charge is -2.16. The smallest absolute Gasteiger partial charge is 0.119 e. The minimum absolute atomic E-state index is 0.942. The van der Waals surface area contributed by atoms with E-state index in [0.29, 0.717) is 0 Å². The largest absolute Gasteiger partial charge is 0.497 e. The molecule has 3 heteroatoms. The van der Waals surface area contributed by atoms with Crippen molar-refractivity contribution in [3.05, 3.63) is 29.8 Å². The van der Waals surface area contributed by atoms with Gasteiger partial charge in [0.05, 0.1) is 7.11 Å². The monoisotopic (exact) mass is 236 g/mol. The Balaban J connectivity index is 2.28. The third kappa shape index (κ3) is 5.71. The van der Waals surface area contributed by atoms with E-state index in [4.69, 9.17) is 4.74 Å². The Morgan fingerprint density at radius 1 is 1.29 bits per heavy atom. The lowest BCUT2D eigenvalue weighted by molar-refractivity contribution is 0.336. The highest BCUT2D eigenvalue weighted by atomic mass is 16.5. The van der Waals surface area contributed by atoms with Gasteiger partial charge in [-0.2, -0.15) is 0 Å². The highest BCUT2D eigenvalue weighted by Crippen LogP contribution is 2.12. The molecule has 0 amide bonds. The van der Waals surface area contributed by atoms with Crippen LogP contribution in [-0.2, 0) is 6.42 Å². The van der Waals surface area contributed by atoms with E-state index in [0.717, 1.165) is 38.3 Å². The number of nitrogens with zero attached hydrogens (tertiary/aromatic N) is 1. The van der Waals surface area contributed by atoms with Crippen LogP contribution in [0.25, 0.3) is 0 Å². The Morgan fingerprint density at radius 3 is 2.82 bits per heavy atom. The fraction of sp³-hybridized carbons (Fsp3) is 0.571. The first-order valence-electron chi connectivity index (χ1n) is 6.28. The average Bonchev–Trinajstić information content (AvgIpc) is 2.37. The molecule has 3 nitrogen and oxygen atoms in total. The molecule has 0 unspecified atom stereocenters. The first-order chi connectivity index (χ1) is 8.26. The van der Waals surface area contributed by atoms with Crippen molar-refractivity contribution in [1.29, 1.82) is 0 Å². The zero-order valence-electron chi connectivity index (χ0n) is 11.2. The lowest BCUT2D eigenvalue weighted by Crippen LogP contribution is -2.30. The predicted molar refractivity (Wildman–Crippen MR) is 72.7 cm³/mol. The minimum Gasteiger partial charge on any atom is -0.497 e. The standard InChI is InChI=1S/C14H24N2O/c1-4-15-9-11-16(2)10-8-13-6-5-7-14(12-13)17-3/h5-7,12,15H,4,8-11H2,1-3H3. The number of hydrogen-bond acceptors (Lipinski definition) is 3. The highest BCUT2D eigenvalue weighted by molar-refractivity contribution is 5.28. The molecule has 0 aliphatic heterocycles. The second-order valence-electron chi connectivity index (χ2n) is 4.26. The number of hydrogen-bond donors (Lipinski definition) is 1. The predicted octanol–water partition coefficient (Wildman–Crippen LogP) is 1.78. The second-order valence-corrected chi connectivity index (χ2v) is 4.26. The van der Waals surface area contributed by atoms with Crippen LogP contribution < -0.4 is 10.1 Å². The average molecular weight is 236 g/mol. The molecule has 0 fully saturated rings. The molecule has 0 spiro atoms. The molecule has 0 saturated carbocycles. The maximum atomic E-state index is 5.22. The molecule has 1 N–H and O–H groups in total. The van der Waals surface area contributed by atoms with E-state index in [1.165, 1.54) is 5.56 Å². The van der Waals surface area contributed by atoms with Gasteiger partial charge in [0, 0.05) is 19.6 Å². The fourth-order valence-electron chi connectivity index (χ4n) is 1.71. The summed E-state index contributed by atoms with van der Waals surface area (Å²) in [6.07, 6.45) is 1.07. The van der Waals surface area contributed by atoms with Gasteiger partial charge < -0.3 is 15.0 Å². The summed E-state index contributed by atoms with van der Waals surface area (Å²) >= 11 is 0. The molecule has 0 atom stereocenters. The number of methoxy groups -OCH3 is 1. The fourth-order valence-corrected chi connectivity index (χ4v) is 1.71. The first-order valence-corrected chi connectivity index (χ1v) is 6.28. The molecule has 0 heterocycles. The zero-order valence-corrected chi connectivity index (χ0v) is 11.2. The van der Waals surface area contributed by atoms with Gasteiger partial charge in [-0.3, -0.25) is 0 Å². The Bertz CT molecular complexity index is 315. The second kappa shape index (κ2) is 8.09. The Labute approximate surface area is 105 Å². The van der Waals surface area contributed by atoms with Crippen LogP contribution in [-0.4, -0.2) is 45.2 Å². The maximum Gasteiger partial charge on any atom is 0.119 e. The van der Waals surface area contributed by atoms with Gasteiger partial charge in [0.2, 0.25) is 0 Å². The SMILES string of the molecule is CCNCCN(C)CCc1cccc(OC)c1. The minimum atomic E-state index is 0.942. The number of ether oxygens (including phenoxy) is 1. The first kappa shape index (κ1) is 14.0. The van der Waals surface area contributed by atoms with Crippen molar-refractivity contribution in [3.8, 4) is 5.75 Å². The van der Waals surface area contributed by atoms with Gasteiger partial charge in [0.15, 0.2) is 0 Å². The molecule has 1 aromatic carbocycles. The van der Waals surface area contributed by atoms with Gasteiger partial charge >= 0.3 is 0 Å². The van der Waals surface area contributed by atoms with Crippen LogP contribution in [0.4, 0.5) is 0 Å². The number of likely N-dealkylation sites (N-methyl/N-ethyl adjacent to an activating group) is 2. The van der Waals surface area contributed by atoms with Crippen LogP contribution in [0.2, 0.25) is 0 Å². The van der Waals surface area contributed by atoms with E-state index in [1.54, 1.807) is 7.11 Å². The van der Waals surface area contributed by atoms with E-state index in [9.17, 15) is 0 Å². The summed E-state index contributed by atoms with van der Waals surface area (Å²) in [6, 6.07) is 8.30. The molecule has 96 valence electrons. The molecular formula is C14H24N2O. The Morgan fingerprint density at radius 2 is 2.12 bits per heavy atom. The number of benzene rings is 1. The summed E-state index contributed by atoms with van der Waals surface area (Å²) in [5, 5.41) is 3.33. The molecule has 0 aliphatic rings. The zero-order chi connectivity index (χ0) is 12.5. The van der Waals surface area contributed by atoms with E-state index < -0.39 is 0 Å². The van der Waals surface area contributed by atoms with Gasteiger partial charge in [0.1, 0.15) is 5.75 Å². The van der Waals surface area contributed by atoms with Crippen LogP contribution in [0.1, 0.15) is 12.5 Å². The summed E-state index contributed by atoms with van der Waals surface area (Å²) in [4.78, 5) is 2.35. The molecule has 0 radical (unpaired) electrons. The molecule has 0 bridgehead atoms. The number of nitrogens with one attached hydrogen (secondary N) is 1. The van der Waals surface area contributed by atoms with Crippen molar-refractivity contribution < 1.29 is 4.74 Å². The van der Waals surface area contributed by atoms with E-state index in [-0.39, 0.29) is 0 Å².